The number of nitrogens with one attached hydrogen (secondary N) is 1. The Labute approximate surface area is 156 Å². The van der Waals surface area contributed by atoms with Gasteiger partial charge in [-0.3, -0.25) is 9.69 Å². The number of nitrogens with zero attached hydrogens (tertiary/aromatic N) is 2. The molecule has 0 aromatic heterocycles. The second-order valence-electron chi connectivity index (χ2n) is 8.00. The minimum Gasteiger partial charge on any atom is -0.378 e. The number of carbonyl (C=O) groups excluding carboxylic acids is 1. The Morgan fingerprint density at radius 2 is 2.00 bits per heavy atom. The van der Waals surface area contributed by atoms with Crippen LogP contribution in [0.15, 0.2) is 24.3 Å². The highest BCUT2D eigenvalue weighted by atomic mass is 16.5. The number of benzene rings is 1. The summed E-state index contributed by atoms with van der Waals surface area (Å²) in [5, 5.41) is 3.06. The highest BCUT2D eigenvalue weighted by Crippen LogP contribution is 2.30. The van der Waals surface area contributed by atoms with E-state index in [-0.39, 0.29) is 12.0 Å². The Morgan fingerprint density at radius 3 is 2.73 bits per heavy atom. The molecule has 2 saturated heterocycles. The van der Waals surface area contributed by atoms with E-state index in [1.54, 1.807) is 0 Å². The Kier molecular flexibility index (Phi) is 5.75. The third kappa shape index (κ3) is 4.98. The largest absolute Gasteiger partial charge is 0.378 e. The molecule has 0 radical (unpaired) electrons. The smallest absolute Gasteiger partial charge is 0.224 e. The van der Waals surface area contributed by atoms with Gasteiger partial charge in [0.15, 0.2) is 0 Å². The topological polar surface area (TPSA) is 44.8 Å². The van der Waals surface area contributed by atoms with E-state index in [4.69, 9.17) is 4.74 Å². The molecule has 3 aliphatic rings. The molecule has 1 atom stereocenters. The number of piperazine rings is 1. The van der Waals surface area contributed by atoms with Crippen molar-refractivity contribution < 1.29 is 9.53 Å². The first-order chi connectivity index (χ1) is 12.8. The lowest BCUT2D eigenvalue weighted by Crippen LogP contribution is -2.47. The van der Waals surface area contributed by atoms with Crippen LogP contribution in [0.3, 0.4) is 0 Å². The summed E-state index contributed by atoms with van der Waals surface area (Å²) in [5.74, 6) is 1.06. The molecule has 0 bridgehead atoms. The zero-order valence-corrected chi connectivity index (χ0v) is 15.7. The molecule has 26 heavy (non-hydrogen) atoms. The number of hydrogen-bond acceptors (Lipinski definition) is 4. The van der Waals surface area contributed by atoms with Crippen LogP contribution in [0.2, 0.25) is 0 Å². The molecule has 1 aromatic rings. The molecule has 3 fully saturated rings. The van der Waals surface area contributed by atoms with Gasteiger partial charge in [-0.2, -0.15) is 0 Å². The molecule has 1 aromatic carbocycles. The van der Waals surface area contributed by atoms with Crippen LogP contribution in [0.4, 0.5) is 11.4 Å². The zero-order chi connectivity index (χ0) is 17.8. The van der Waals surface area contributed by atoms with E-state index in [9.17, 15) is 4.79 Å². The number of ether oxygens (including phenoxy) is 1. The number of amides is 1. The number of anilines is 2. The van der Waals surface area contributed by atoms with Crippen molar-refractivity contribution in [1.29, 1.82) is 0 Å². The van der Waals surface area contributed by atoms with Crippen molar-refractivity contribution in [3.05, 3.63) is 24.3 Å². The fraction of sp³-hybridized carbons (Fsp3) is 0.667. The summed E-state index contributed by atoms with van der Waals surface area (Å²) in [4.78, 5) is 17.3. The van der Waals surface area contributed by atoms with Gasteiger partial charge in [-0.1, -0.05) is 6.07 Å². The summed E-state index contributed by atoms with van der Waals surface area (Å²) >= 11 is 0. The highest BCUT2D eigenvalue weighted by molar-refractivity contribution is 5.91. The lowest BCUT2D eigenvalue weighted by molar-refractivity contribution is -0.116. The Balaban J connectivity index is 1.25. The second kappa shape index (κ2) is 8.40. The van der Waals surface area contributed by atoms with Crippen molar-refractivity contribution >= 4 is 17.3 Å². The van der Waals surface area contributed by atoms with Gasteiger partial charge in [0, 0.05) is 57.1 Å². The third-order valence-corrected chi connectivity index (χ3v) is 5.80. The molecule has 2 aliphatic heterocycles. The van der Waals surface area contributed by atoms with E-state index in [0.717, 1.165) is 63.7 Å². The summed E-state index contributed by atoms with van der Waals surface area (Å²) < 4.78 is 5.60. The maximum absolute atomic E-state index is 12.2. The average Bonchev–Trinajstić information content (AvgIpc) is 3.31. The molecule has 1 N–H and O–H groups in total. The van der Waals surface area contributed by atoms with E-state index < -0.39 is 0 Å². The molecule has 1 amide bonds. The van der Waals surface area contributed by atoms with Crippen LogP contribution in [-0.4, -0.2) is 56.2 Å². The van der Waals surface area contributed by atoms with Crippen LogP contribution in [-0.2, 0) is 9.53 Å². The van der Waals surface area contributed by atoms with Gasteiger partial charge in [0.05, 0.1) is 6.10 Å². The van der Waals surface area contributed by atoms with E-state index in [2.05, 4.69) is 27.2 Å². The summed E-state index contributed by atoms with van der Waals surface area (Å²) in [7, 11) is 0. The van der Waals surface area contributed by atoms with Crippen LogP contribution >= 0.6 is 0 Å². The predicted molar refractivity (Wildman–Crippen MR) is 105 cm³/mol. The Bertz CT molecular complexity index is 603. The van der Waals surface area contributed by atoms with Crippen LogP contribution < -0.4 is 10.2 Å². The van der Waals surface area contributed by atoms with Gasteiger partial charge in [0.25, 0.3) is 0 Å². The van der Waals surface area contributed by atoms with Crippen molar-refractivity contribution in [2.75, 3.05) is 49.5 Å². The lowest BCUT2D eigenvalue weighted by atomic mass is 10.1. The average molecular weight is 357 g/mol. The Morgan fingerprint density at radius 1 is 1.15 bits per heavy atom. The summed E-state index contributed by atoms with van der Waals surface area (Å²) in [6.45, 7) is 6.58. The lowest BCUT2D eigenvalue weighted by Gasteiger charge is -2.36. The normalized spacial score (nSPS) is 24.0. The molecular weight excluding hydrogens is 326 g/mol. The van der Waals surface area contributed by atoms with Crippen LogP contribution in [0.5, 0.6) is 0 Å². The van der Waals surface area contributed by atoms with E-state index in [1.807, 2.05) is 12.1 Å². The molecule has 5 nitrogen and oxygen atoms in total. The van der Waals surface area contributed by atoms with Crippen molar-refractivity contribution in [2.24, 2.45) is 5.92 Å². The standard InChI is InChI=1S/C21H31N3O2/c25-21(9-8-20-5-2-14-26-20)22-18-3-1-4-19(15-18)24-12-10-23(11-13-24)16-17-6-7-17/h1,3-4,15,17,20H,2,5-14,16H2,(H,22,25). The first-order valence-electron chi connectivity index (χ1n) is 10.2. The molecular formula is C21H31N3O2. The van der Waals surface area contributed by atoms with E-state index in [1.165, 1.54) is 25.1 Å². The van der Waals surface area contributed by atoms with E-state index in [0.29, 0.717) is 6.42 Å². The second-order valence-corrected chi connectivity index (χ2v) is 8.00. The van der Waals surface area contributed by atoms with E-state index >= 15 is 0 Å². The number of carbonyl (C=O) groups is 1. The fourth-order valence-corrected chi connectivity index (χ4v) is 4.02. The number of rotatable bonds is 7. The first kappa shape index (κ1) is 17.8. The summed E-state index contributed by atoms with van der Waals surface area (Å²) in [6.07, 6.45) is 6.71. The molecule has 4 rings (SSSR count). The van der Waals surface area contributed by atoms with Crippen molar-refractivity contribution in [3.63, 3.8) is 0 Å². The molecule has 142 valence electrons. The first-order valence-corrected chi connectivity index (χ1v) is 10.2. The third-order valence-electron chi connectivity index (χ3n) is 5.80. The maximum Gasteiger partial charge on any atom is 0.224 e. The van der Waals surface area contributed by atoms with Gasteiger partial charge in [0.1, 0.15) is 0 Å². The van der Waals surface area contributed by atoms with Gasteiger partial charge < -0.3 is 15.0 Å². The number of hydrogen-bond donors (Lipinski definition) is 1. The van der Waals surface area contributed by atoms with Gasteiger partial charge in [0.2, 0.25) is 5.91 Å². The maximum atomic E-state index is 12.2. The Hall–Kier alpha value is -1.59. The van der Waals surface area contributed by atoms with Crippen LogP contribution in [0.1, 0.15) is 38.5 Å². The minimum absolute atomic E-state index is 0.0897. The molecule has 1 saturated carbocycles. The zero-order valence-electron chi connectivity index (χ0n) is 15.7. The van der Waals surface area contributed by atoms with Gasteiger partial charge in [-0.05, 0) is 56.2 Å². The molecule has 2 heterocycles. The van der Waals surface area contributed by atoms with Crippen molar-refractivity contribution in [3.8, 4) is 0 Å². The van der Waals surface area contributed by atoms with Crippen molar-refractivity contribution in [1.82, 2.24) is 4.90 Å². The molecule has 5 heteroatoms. The highest BCUT2D eigenvalue weighted by Gasteiger charge is 2.26. The predicted octanol–water partition coefficient (Wildman–Crippen LogP) is 3.12. The van der Waals surface area contributed by atoms with Crippen molar-refractivity contribution in [2.45, 2.75) is 44.6 Å². The van der Waals surface area contributed by atoms with Crippen LogP contribution in [0, 0.1) is 5.92 Å². The van der Waals surface area contributed by atoms with Gasteiger partial charge in [-0.15, -0.1) is 0 Å². The fourth-order valence-electron chi connectivity index (χ4n) is 4.02. The molecule has 0 spiro atoms. The quantitative estimate of drug-likeness (QED) is 0.814. The summed E-state index contributed by atoms with van der Waals surface area (Å²) in [6, 6.07) is 8.29. The summed E-state index contributed by atoms with van der Waals surface area (Å²) in [5.41, 5.74) is 2.12. The van der Waals surface area contributed by atoms with Gasteiger partial charge in [-0.25, -0.2) is 0 Å². The molecule has 1 unspecified atom stereocenters. The van der Waals surface area contributed by atoms with Gasteiger partial charge >= 0.3 is 0 Å². The monoisotopic (exact) mass is 357 g/mol. The minimum atomic E-state index is 0.0897. The SMILES string of the molecule is O=C(CCC1CCCO1)Nc1cccc(N2CCN(CC3CC3)CC2)c1. The van der Waals surface area contributed by atoms with Crippen LogP contribution in [0.25, 0.3) is 0 Å². The molecule has 1 aliphatic carbocycles.